The Morgan fingerprint density at radius 1 is 1.14 bits per heavy atom. The average Bonchev–Trinajstić information content (AvgIpc) is 3.18. The van der Waals surface area contributed by atoms with Crippen molar-refractivity contribution in [3.63, 3.8) is 0 Å². The molecule has 36 heavy (non-hydrogen) atoms. The lowest BCUT2D eigenvalue weighted by Crippen LogP contribution is -2.64. The number of rotatable bonds is 6. The molecule has 0 bridgehead atoms. The zero-order chi connectivity index (χ0) is 26.4. The van der Waals surface area contributed by atoms with Crippen LogP contribution in [-0.4, -0.2) is 52.6 Å². The predicted molar refractivity (Wildman–Crippen MR) is 131 cm³/mol. The number of hydrogen-bond acceptors (Lipinski definition) is 5. The van der Waals surface area contributed by atoms with Crippen LogP contribution in [-0.2, 0) is 0 Å². The fourth-order valence-electron chi connectivity index (χ4n) is 3.68. The van der Waals surface area contributed by atoms with Crippen LogP contribution in [0.25, 0.3) is 16.8 Å². The molecule has 1 amide bonds. The number of alkyl halides is 2. The number of aliphatic hydroxyl groups is 1. The van der Waals surface area contributed by atoms with Crippen molar-refractivity contribution in [2.75, 3.05) is 5.73 Å². The van der Waals surface area contributed by atoms with Crippen LogP contribution in [0.4, 0.5) is 23.5 Å². The highest BCUT2D eigenvalue weighted by Crippen LogP contribution is 2.38. The third kappa shape index (κ3) is 4.51. The van der Waals surface area contributed by atoms with Crippen molar-refractivity contribution in [1.82, 2.24) is 19.9 Å². The molecule has 0 saturated heterocycles. The van der Waals surface area contributed by atoms with E-state index < -0.39 is 40.5 Å². The summed E-state index contributed by atoms with van der Waals surface area (Å²) in [5.74, 6) is -6.87. The van der Waals surface area contributed by atoms with Crippen molar-refractivity contribution < 1.29 is 27.5 Å². The monoisotopic (exact) mass is 517 g/mol. The maximum atomic E-state index is 15.5. The number of hydrogen-bond donors (Lipinski definition) is 3. The fraction of sp³-hybridized carbons (Fsp3) is 0.136. The van der Waals surface area contributed by atoms with E-state index in [9.17, 15) is 14.3 Å². The molecule has 184 valence electrons. The highest BCUT2D eigenvalue weighted by molar-refractivity contribution is 6.42. The molecule has 14 heteroatoms. The minimum Gasteiger partial charge on any atom is -0.382 e. The Labute approximate surface area is 209 Å². The Bertz CT molecular complexity index is 1470. The van der Waals surface area contributed by atoms with Crippen molar-refractivity contribution in [2.24, 2.45) is 0 Å². The van der Waals surface area contributed by atoms with Crippen LogP contribution in [0.5, 0.6) is 0 Å². The van der Waals surface area contributed by atoms with Crippen LogP contribution < -0.4 is 11.1 Å². The summed E-state index contributed by atoms with van der Waals surface area (Å²) >= 11 is 6.08. The summed E-state index contributed by atoms with van der Waals surface area (Å²) in [6, 6.07) is 9.43. The molecule has 0 saturated carbocycles. The van der Waals surface area contributed by atoms with Gasteiger partial charge >= 0.3 is 0 Å². The van der Waals surface area contributed by atoms with E-state index in [0.29, 0.717) is 11.2 Å². The molecule has 4 aromatic rings. The largest absolute Gasteiger partial charge is 0.382 e. The van der Waals surface area contributed by atoms with Gasteiger partial charge in [0.05, 0.1) is 10.6 Å². The van der Waals surface area contributed by atoms with E-state index in [-0.39, 0.29) is 22.1 Å². The molecule has 1 atom stereocenters. The summed E-state index contributed by atoms with van der Waals surface area (Å²) in [5, 5.41) is 13.6. The molecular weight excluding hydrogens is 499 g/mol. The van der Waals surface area contributed by atoms with E-state index in [1.165, 1.54) is 35.0 Å². The highest BCUT2D eigenvalue weighted by Gasteiger charge is 2.53. The van der Waals surface area contributed by atoms with Gasteiger partial charge in [0.1, 0.15) is 33.4 Å². The number of nitrogens with one attached hydrogen (secondary N) is 1. The molecule has 2 aromatic heterocycles. The fourth-order valence-corrected chi connectivity index (χ4v) is 3.91. The maximum absolute atomic E-state index is 15.5. The molecule has 0 aliphatic heterocycles. The van der Waals surface area contributed by atoms with Gasteiger partial charge in [-0.15, -0.1) is 5.10 Å². The van der Waals surface area contributed by atoms with Crippen LogP contribution in [0.3, 0.4) is 0 Å². The van der Waals surface area contributed by atoms with Crippen molar-refractivity contribution in [3.8, 4) is 11.1 Å². The number of carbonyl (C=O) groups is 1. The number of nitrogen functional groups attached to an aromatic ring is 1. The summed E-state index contributed by atoms with van der Waals surface area (Å²) in [5.41, 5.74) is 5.24. The van der Waals surface area contributed by atoms with E-state index in [2.05, 4.69) is 15.4 Å². The Morgan fingerprint density at radius 2 is 1.81 bits per heavy atom. The van der Waals surface area contributed by atoms with E-state index in [1.807, 2.05) is 0 Å². The quantitative estimate of drug-likeness (QED) is 0.268. The van der Waals surface area contributed by atoms with Crippen molar-refractivity contribution in [1.29, 1.82) is 0 Å². The maximum Gasteiger partial charge on any atom is 0.285 e. The summed E-state index contributed by atoms with van der Waals surface area (Å²) in [6.07, 6.45) is -0.898. The van der Waals surface area contributed by atoms with Crippen LogP contribution in [0.1, 0.15) is 22.0 Å². The molecule has 0 fully saturated rings. The van der Waals surface area contributed by atoms with Crippen LogP contribution in [0, 0.1) is 11.6 Å². The molecule has 0 radical (unpaired) electrons. The van der Waals surface area contributed by atoms with Crippen molar-refractivity contribution in [2.45, 2.75) is 17.4 Å². The molecular formula is C22H18B2ClF4N5O2. The lowest BCUT2D eigenvalue weighted by Gasteiger charge is -2.38. The number of pyridine rings is 1. The van der Waals surface area contributed by atoms with Gasteiger partial charge in [-0.05, 0) is 47.5 Å². The second-order valence-corrected chi connectivity index (χ2v) is 9.04. The van der Waals surface area contributed by atoms with Crippen molar-refractivity contribution >= 4 is 44.8 Å². The summed E-state index contributed by atoms with van der Waals surface area (Å²) < 4.78 is 60.5. The Morgan fingerprint density at radius 3 is 2.47 bits per heavy atom. The number of fused-ring (bicyclic) bond motifs is 1. The Kier molecular flexibility index (Phi) is 6.48. The van der Waals surface area contributed by atoms with Crippen LogP contribution in [0.2, 0.25) is 5.02 Å². The second-order valence-electron chi connectivity index (χ2n) is 8.63. The number of nitrogens with two attached hydrogens (primary N) is 1. The molecule has 1 unspecified atom stereocenters. The zero-order valence-corrected chi connectivity index (χ0v) is 19.7. The summed E-state index contributed by atoms with van der Waals surface area (Å²) in [4.78, 5) is 17.0. The van der Waals surface area contributed by atoms with Gasteiger partial charge in [-0.2, -0.15) is 4.98 Å². The van der Waals surface area contributed by atoms with Gasteiger partial charge in [-0.3, -0.25) is 4.79 Å². The Hall–Kier alpha value is -3.57. The van der Waals surface area contributed by atoms with Crippen molar-refractivity contribution in [3.05, 3.63) is 82.5 Å². The summed E-state index contributed by atoms with van der Waals surface area (Å²) in [6.45, 7) is 0. The minimum atomic E-state index is -3.94. The van der Waals surface area contributed by atoms with Gasteiger partial charge in [-0.1, -0.05) is 23.7 Å². The van der Waals surface area contributed by atoms with E-state index in [4.69, 9.17) is 17.3 Å². The van der Waals surface area contributed by atoms with E-state index >= 15 is 13.2 Å². The standard InChI is InChI=1S/C22H18B2ClF4N5O2/c23-22(24,21(28,29)18(35)10-1-3-12(26)4-2-10)32-19(36)16-14(25)6-5-13(17(16)27)11-7-8-34-15(9-11)31-20(30)33-34/h1-9,18,35H,23-24H2,(H2,30,33)(H,32,36). The third-order valence-electron chi connectivity index (χ3n) is 5.77. The molecule has 4 rings (SSSR count). The first kappa shape index (κ1) is 25.5. The van der Waals surface area contributed by atoms with Gasteiger partial charge in [0.25, 0.3) is 11.8 Å². The third-order valence-corrected chi connectivity index (χ3v) is 6.09. The normalized spacial score (nSPS) is 13.1. The number of amides is 1. The van der Waals surface area contributed by atoms with Crippen LogP contribution in [0.15, 0.2) is 54.7 Å². The molecule has 0 aliphatic rings. The van der Waals surface area contributed by atoms with E-state index in [1.54, 1.807) is 0 Å². The SMILES string of the molecule is BC(B)(NC(=O)c1c(Cl)ccc(-c2ccn3nc(N)nc3c2)c1F)C(F)(F)C(O)c1ccc(F)cc1. The molecule has 0 spiro atoms. The van der Waals surface area contributed by atoms with Gasteiger partial charge in [0, 0.05) is 17.1 Å². The van der Waals surface area contributed by atoms with Gasteiger partial charge < -0.3 is 16.2 Å². The highest BCUT2D eigenvalue weighted by atomic mass is 35.5. The number of nitrogens with zero attached hydrogens (tertiary/aromatic N) is 3. The van der Waals surface area contributed by atoms with E-state index in [0.717, 1.165) is 40.0 Å². The molecule has 4 N–H and O–H groups in total. The number of benzene rings is 2. The average molecular weight is 517 g/mol. The number of anilines is 1. The lowest BCUT2D eigenvalue weighted by atomic mass is 9.56. The first-order chi connectivity index (χ1) is 16.8. The number of aliphatic hydroxyl groups excluding tert-OH is 1. The van der Waals surface area contributed by atoms with Gasteiger partial charge in [0.2, 0.25) is 5.95 Å². The number of aromatic nitrogens is 3. The number of halogens is 5. The smallest absolute Gasteiger partial charge is 0.285 e. The molecule has 2 aromatic carbocycles. The summed E-state index contributed by atoms with van der Waals surface area (Å²) in [7, 11) is 1.94. The molecule has 2 heterocycles. The molecule has 7 nitrogen and oxygen atoms in total. The topological polar surface area (TPSA) is 106 Å². The number of carbonyl (C=O) groups excluding carboxylic acids is 1. The first-order valence-corrected chi connectivity index (χ1v) is 10.9. The lowest BCUT2D eigenvalue weighted by molar-refractivity contribution is -0.126. The zero-order valence-electron chi connectivity index (χ0n) is 18.9. The second kappa shape index (κ2) is 9.14. The first-order valence-electron chi connectivity index (χ1n) is 10.6. The Balaban J connectivity index is 1.66. The minimum absolute atomic E-state index is 0.00905. The molecule has 0 aliphatic carbocycles. The van der Waals surface area contributed by atoms with Gasteiger partial charge in [0.15, 0.2) is 5.65 Å². The predicted octanol–water partition coefficient (Wildman–Crippen LogP) is 1.93. The van der Waals surface area contributed by atoms with Gasteiger partial charge in [-0.25, -0.2) is 22.1 Å². The van der Waals surface area contributed by atoms with Crippen LogP contribution >= 0.6 is 11.6 Å².